The first-order valence-electron chi connectivity index (χ1n) is 11.5. The fraction of sp³-hybridized carbons (Fsp3) is 0.423. The Bertz CT molecular complexity index is 1030. The van der Waals surface area contributed by atoms with Gasteiger partial charge >= 0.3 is 12.1 Å². The summed E-state index contributed by atoms with van der Waals surface area (Å²) in [6.45, 7) is 2.48. The average molecular weight is 467 g/mol. The van der Waals surface area contributed by atoms with Gasteiger partial charge in [0.1, 0.15) is 12.6 Å². The Morgan fingerprint density at radius 3 is 2.15 bits per heavy atom. The summed E-state index contributed by atoms with van der Waals surface area (Å²) >= 11 is 0. The topological polar surface area (TPSA) is 105 Å². The highest BCUT2D eigenvalue weighted by Crippen LogP contribution is 2.44. The minimum absolute atomic E-state index is 0.0591. The van der Waals surface area contributed by atoms with Gasteiger partial charge in [0.05, 0.1) is 12.0 Å². The highest BCUT2D eigenvalue weighted by Gasteiger charge is 2.43. The number of likely N-dealkylation sites (tertiary alicyclic amines) is 1. The Morgan fingerprint density at radius 2 is 1.62 bits per heavy atom. The van der Waals surface area contributed by atoms with Gasteiger partial charge in [-0.3, -0.25) is 9.59 Å². The largest absolute Gasteiger partial charge is 0.481 e. The summed E-state index contributed by atoms with van der Waals surface area (Å²) in [4.78, 5) is 38.6. The molecule has 180 valence electrons. The van der Waals surface area contributed by atoms with Gasteiger partial charge in [0.2, 0.25) is 5.91 Å². The summed E-state index contributed by atoms with van der Waals surface area (Å²) in [5.74, 6) is -1.23. The van der Waals surface area contributed by atoms with Crippen molar-refractivity contribution in [3.8, 4) is 11.1 Å². The number of carbonyl (C=O) groups excluding carboxylic acids is 2. The molecule has 8 heteroatoms. The predicted molar refractivity (Wildman–Crippen MR) is 125 cm³/mol. The maximum atomic E-state index is 12.8. The minimum atomic E-state index is -0.977. The van der Waals surface area contributed by atoms with E-state index in [2.05, 4.69) is 17.4 Å². The highest BCUT2D eigenvalue weighted by atomic mass is 16.5. The third-order valence-corrected chi connectivity index (χ3v) is 6.95. The van der Waals surface area contributed by atoms with Crippen LogP contribution < -0.4 is 5.32 Å². The minimum Gasteiger partial charge on any atom is -0.481 e. The van der Waals surface area contributed by atoms with Crippen molar-refractivity contribution in [2.24, 2.45) is 5.41 Å². The molecule has 0 aromatic heterocycles. The van der Waals surface area contributed by atoms with Crippen molar-refractivity contribution < 1.29 is 29.0 Å². The number of nitrogens with one attached hydrogen (secondary N) is 1. The van der Waals surface area contributed by atoms with Gasteiger partial charge in [-0.1, -0.05) is 48.5 Å². The lowest BCUT2D eigenvalue weighted by Gasteiger charge is -2.39. The van der Waals surface area contributed by atoms with Crippen LogP contribution in [-0.2, 0) is 19.1 Å². The smallest absolute Gasteiger partial charge is 0.407 e. The molecular formula is C26H30N2O6. The first-order valence-corrected chi connectivity index (χ1v) is 11.5. The fourth-order valence-corrected chi connectivity index (χ4v) is 5.00. The van der Waals surface area contributed by atoms with Gasteiger partial charge in [0, 0.05) is 26.1 Å². The van der Waals surface area contributed by atoms with Crippen molar-refractivity contribution in [2.75, 3.05) is 33.4 Å². The molecule has 2 amide bonds. The fourth-order valence-electron chi connectivity index (χ4n) is 5.00. The maximum Gasteiger partial charge on any atom is 0.407 e. The Labute approximate surface area is 198 Å². The Balaban J connectivity index is 1.32. The number of carbonyl (C=O) groups is 3. The standard InChI is InChI=1S/C26H30N2O6/c1-17(23(29)28-13-11-26(12-14-28,16-33-2)24(30)31)27-25(32)34-15-22-20-9-5-3-7-18(20)19-8-4-6-10-21(19)22/h3-10,17,22H,11-16H2,1-2H3,(H,27,32)(H,30,31). The van der Waals surface area contributed by atoms with Gasteiger partial charge < -0.3 is 24.8 Å². The molecule has 1 aliphatic carbocycles. The van der Waals surface area contributed by atoms with E-state index in [0.29, 0.717) is 25.9 Å². The number of carboxylic acids is 1. The molecule has 1 saturated heterocycles. The number of aliphatic carboxylic acids is 1. The van der Waals surface area contributed by atoms with Crippen molar-refractivity contribution in [2.45, 2.75) is 31.7 Å². The quantitative estimate of drug-likeness (QED) is 0.649. The average Bonchev–Trinajstić information content (AvgIpc) is 3.16. The number of methoxy groups -OCH3 is 1. The van der Waals surface area contributed by atoms with E-state index in [0.717, 1.165) is 22.3 Å². The van der Waals surface area contributed by atoms with Gasteiger partial charge in [-0.2, -0.15) is 0 Å². The maximum absolute atomic E-state index is 12.8. The molecule has 0 spiro atoms. The third kappa shape index (κ3) is 4.50. The van der Waals surface area contributed by atoms with E-state index in [1.165, 1.54) is 7.11 Å². The molecule has 1 aliphatic heterocycles. The summed E-state index contributed by atoms with van der Waals surface area (Å²) in [6, 6.07) is 15.4. The molecule has 1 unspecified atom stereocenters. The number of amides is 2. The Kier molecular flexibility index (Phi) is 6.88. The van der Waals surface area contributed by atoms with Gasteiger partial charge in [0.25, 0.3) is 0 Å². The number of ether oxygens (including phenoxy) is 2. The van der Waals surface area contributed by atoms with E-state index < -0.39 is 23.5 Å². The third-order valence-electron chi connectivity index (χ3n) is 6.95. The van der Waals surface area contributed by atoms with Crippen molar-refractivity contribution in [3.63, 3.8) is 0 Å². The molecule has 2 aromatic carbocycles. The normalized spacial score (nSPS) is 17.4. The molecule has 8 nitrogen and oxygen atoms in total. The zero-order valence-electron chi connectivity index (χ0n) is 19.5. The number of piperidine rings is 1. The first-order chi connectivity index (χ1) is 16.4. The predicted octanol–water partition coefficient (Wildman–Crippen LogP) is 3.25. The van der Waals surface area contributed by atoms with E-state index >= 15 is 0 Å². The number of nitrogens with zero attached hydrogens (tertiary/aromatic N) is 1. The van der Waals surface area contributed by atoms with E-state index in [1.807, 2.05) is 36.4 Å². The van der Waals surface area contributed by atoms with Gasteiger partial charge in [-0.25, -0.2) is 4.79 Å². The van der Waals surface area contributed by atoms with Gasteiger partial charge in [0.15, 0.2) is 0 Å². The number of alkyl carbamates (subject to hydrolysis) is 1. The number of hydrogen-bond donors (Lipinski definition) is 2. The number of fused-ring (bicyclic) bond motifs is 3. The van der Waals surface area contributed by atoms with Crippen LogP contribution >= 0.6 is 0 Å². The molecule has 4 rings (SSSR count). The van der Waals surface area contributed by atoms with E-state index in [1.54, 1.807) is 11.8 Å². The molecular weight excluding hydrogens is 436 g/mol. The van der Waals surface area contributed by atoms with Crippen LogP contribution in [0, 0.1) is 5.41 Å². The lowest BCUT2D eigenvalue weighted by atomic mass is 9.79. The molecule has 2 aliphatic rings. The molecule has 0 saturated carbocycles. The van der Waals surface area contributed by atoms with Crippen molar-refractivity contribution in [1.82, 2.24) is 10.2 Å². The molecule has 1 atom stereocenters. The van der Waals surface area contributed by atoms with Gasteiger partial charge in [-0.15, -0.1) is 0 Å². The zero-order valence-corrected chi connectivity index (χ0v) is 19.5. The summed E-state index contributed by atoms with van der Waals surface area (Å²) in [7, 11) is 1.47. The van der Waals surface area contributed by atoms with E-state index in [4.69, 9.17) is 9.47 Å². The molecule has 0 radical (unpaired) electrons. The summed E-state index contributed by atoms with van der Waals surface area (Å²) in [6.07, 6.45) is -0.0434. The number of rotatable bonds is 7. The highest BCUT2D eigenvalue weighted by molar-refractivity contribution is 5.86. The number of hydrogen-bond acceptors (Lipinski definition) is 5. The van der Waals surface area contributed by atoms with Crippen LogP contribution in [-0.4, -0.2) is 67.4 Å². The van der Waals surface area contributed by atoms with Crippen LogP contribution in [0.4, 0.5) is 4.79 Å². The molecule has 2 aromatic rings. The van der Waals surface area contributed by atoms with Crippen molar-refractivity contribution >= 4 is 18.0 Å². The van der Waals surface area contributed by atoms with Gasteiger partial charge in [-0.05, 0) is 42.0 Å². The Morgan fingerprint density at radius 1 is 1.06 bits per heavy atom. The second kappa shape index (κ2) is 9.85. The van der Waals surface area contributed by atoms with Crippen LogP contribution in [0.2, 0.25) is 0 Å². The Hall–Kier alpha value is -3.39. The summed E-state index contributed by atoms with van der Waals surface area (Å²) in [5, 5.41) is 12.2. The summed E-state index contributed by atoms with van der Waals surface area (Å²) in [5.41, 5.74) is 3.55. The SMILES string of the molecule is COCC1(C(=O)O)CCN(C(=O)C(C)NC(=O)OCC2c3ccccc3-c3ccccc32)CC1. The molecule has 34 heavy (non-hydrogen) atoms. The molecule has 2 N–H and O–H groups in total. The molecule has 1 fully saturated rings. The lowest BCUT2D eigenvalue weighted by molar-refractivity contribution is -0.158. The monoisotopic (exact) mass is 466 g/mol. The zero-order chi connectivity index (χ0) is 24.3. The van der Waals surface area contributed by atoms with E-state index in [9.17, 15) is 19.5 Å². The van der Waals surface area contributed by atoms with Crippen LogP contribution in [0.3, 0.4) is 0 Å². The second-order valence-electron chi connectivity index (χ2n) is 9.04. The van der Waals surface area contributed by atoms with Crippen molar-refractivity contribution in [3.05, 3.63) is 59.7 Å². The number of benzene rings is 2. The van der Waals surface area contributed by atoms with Crippen molar-refractivity contribution in [1.29, 1.82) is 0 Å². The molecule has 1 heterocycles. The lowest BCUT2D eigenvalue weighted by Crippen LogP contribution is -2.53. The molecule has 0 bridgehead atoms. The second-order valence-corrected chi connectivity index (χ2v) is 9.04. The van der Waals surface area contributed by atoms with Crippen LogP contribution in [0.5, 0.6) is 0 Å². The van der Waals surface area contributed by atoms with Crippen LogP contribution in [0.1, 0.15) is 36.8 Å². The first kappa shape index (κ1) is 23.8. The number of carboxylic acid groups (broad SMARTS) is 1. The van der Waals surface area contributed by atoms with E-state index in [-0.39, 0.29) is 25.0 Å². The summed E-state index contributed by atoms with van der Waals surface area (Å²) < 4.78 is 10.6. The van der Waals surface area contributed by atoms with Crippen LogP contribution in [0.25, 0.3) is 11.1 Å². The van der Waals surface area contributed by atoms with Crippen LogP contribution in [0.15, 0.2) is 48.5 Å².